The molecule has 0 fully saturated rings. The molecule has 0 aliphatic heterocycles. The highest BCUT2D eigenvalue weighted by atomic mass is 32.2. The van der Waals surface area contributed by atoms with E-state index in [0.29, 0.717) is 5.16 Å². The van der Waals surface area contributed by atoms with Crippen LogP contribution in [0.3, 0.4) is 0 Å². The number of carbonyl (C=O) groups is 1. The van der Waals surface area contributed by atoms with Gasteiger partial charge in [0.2, 0.25) is 5.91 Å². The van der Waals surface area contributed by atoms with Crippen LogP contribution in [-0.4, -0.2) is 26.4 Å². The van der Waals surface area contributed by atoms with Crippen molar-refractivity contribution < 1.29 is 18.0 Å². The first-order valence-electron chi connectivity index (χ1n) is 9.29. The number of hydrogen-bond acceptors (Lipinski definition) is 4. The van der Waals surface area contributed by atoms with Gasteiger partial charge in [-0.2, -0.15) is 13.2 Å². The molecule has 0 radical (unpaired) electrons. The lowest BCUT2D eigenvalue weighted by molar-refractivity contribution is -0.137. The average molecular weight is 414 g/mol. The Labute approximate surface area is 167 Å². The lowest BCUT2D eigenvalue weighted by Gasteiger charge is -2.09. The summed E-state index contributed by atoms with van der Waals surface area (Å²) in [5, 5.41) is 11.4. The summed E-state index contributed by atoms with van der Waals surface area (Å²) in [6.45, 7) is 2.18. The summed E-state index contributed by atoms with van der Waals surface area (Å²) in [5.41, 5.74) is -0.680. The van der Waals surface area contributed by atoms with Gasteiger partial charge in [-0.25, -0.2) is 0 Å². The molecule has 0 atom stereocenters. The molecule has 0 spiro atoms. The summed E-state index contributed by atoms with van der Waals surface area (Å²) in [7, 11) is 1.86. The second-order valence-corrected chi connectivity index (χ2v) is 7.48. The lowest BCUT2D eigenvalue weighted by Crippen LogP contribution is -2.15. The van der Waals surface area contributed by atoms with E-state index in [1.807, 2.05) is 11.6 Å². The highest BCUT2D eigenvalue weighted by Gasteiger charge is 2.30. The zero-order valence-electron chi connectivity index (χ0n) is 16.1. The molecule has 0 aliphatic rings. The topological polar surface area (TPSA) is 59.8 Å². The molecule has 28 heavy (non-hydrogen) atoms. The normalized spacial score (nSPS) is 11.6. The molecule has 2 rings (SSSR count). The van der Waals surface area contributed by atoms with Crippen molar-refractivity contribution in [3.63, 3.8) is 0 Å². The van der Waals surface area contributed by atoms with Gasteiger partial charge in [-0.1, -0.05) is 50.4 Å². The Morgan fingerprint density at radius 1 is 1.18 bits per heavy atom. The standard InChI is InChI=1S/C19H25F3N4OS/c1-3-4-5-6-7-11-16-24-25-18(26(16)2)28-13-17(27)23-15-10-8-9-14(12-15)19(20,21)22/h8-10,12H,3-7,11,13H2,1-2H3,(H,23,27). The second-order valence-electron chi connectivity index (χ2n) is 6.54. The maximum Gasteiger partial charge on any atom is 0.416 e. The Kier molecular flexibility index (Phi) is 8.35. The van der Waals surface area contributed by atoms with Gasteiger partial charge in [-0.3, -0.25) is 4.79 Å². The van der Waals surface area contributed by atoms with Crippen LogP contribution in [0.2, 0.25) is 0 Å². The Bertz CT molecular complexity index is 777. The first-order valence-corrected chi connectivity index (χ1v) is 10.3. The minimum atomic E-state index is -4.44. The summed E-state index contributed by atoms with van der Waals surface area (Å²) in [4.78, 5) is 12.1. The zero-order chi connectivity index (χ0) is 20.6. The van der Waals surface area contributed by atoms with Gasteiger partial charge in [0.25, 0.3) is 0 Å². The van der Waals surface area contributed by atoms with Crippen LogP contribution in [0.25, 0.3) is 0 Å². The van der Waals surface area contributed by atoms with Gasteiger partial charge in [0.1, 0.15) is 5.82 Å². The summed E-state index contributed by atoms with van der Waals surface area (Å²) >= 11 is 1.21. The third-order valence-electron chi connectivity index (χ3n) is 4.24. The number of thioether (sulfide) groups is 1. The fourth-order valence-electron chi connectivity index (χ4n) is 2.68. The third-order valence-corrected chi connectivity index (χ3v) is 5.26. The number of rotatable bonds is 10. The molecule has 1 N–H and O–H groups in total. The van der Waals surface area contributed by atoms with Gasteiger partial charge < -0.3 is 9.88 Å². The molecule has 0 saturated carbocycles. The number of carbonyl (C=O) groups excluding carboxylic acids is 1. The monoisotopic (exact) mass is 414 g/mol. The van der Waals surface area contributed by atoms with Gasteiger partial charge in [0.05, 0.1) is 11.3 Å². The smallest absolute Gasteiger partial charge is 0.325 e. The van der Waals surface area contributed by atoms with Gasteiger partial charge >= 0.3 is 6.18 Å². The van der Waals surface area contributed by atoms with Crippen LogP contribution in [-0.2, 0) is 24.4 Å². The van der Waals surface area contributed by atoms with E-state index in [4.69, 9.17) is 0 Å². The Morgan fingerprint density at radius 2 is 1.93 bits per heavy atom. The lowest BCUT2D eigenvalue weighted by atomic mass is 10.1. The summed E-state index contributed by atoms with van der Waals surface area (Å²) in [6, 6.07) is 4.58. The van der Waals surface area contributed by atoms with Crippen LogP contribution in [0, 0.1) is 0 Å². The molecule has 0 aliphatic carbocycles. The Balaban J connectivity index is 1.83. The van der Waals surface area contributed by atoms with E-state index < -0.39 is 17.6 Å². The van der Waals surface area contributed by atoms with Crippen LogP contribution >= 0.6 is 11.8 Å². The number of halogens is 3. The molecule has 1 heterocycles. The molecule has 154 valence electrons. The molecule has 1 amide bonds. The van der Waals surface area contributed by atoms with E-state index in [-0.39, 0.29) is 11.4 Å². The maximum absolute atomic E-state index is 12.7. The summed E-state index contributed by atoms with van der Waals surface area (Å²) in [6.07, 6.45) is 2.25. The minimum absolute atomic E-state index is 0.0404. The molecular weight excluding hydrogens is 389 g/mol. The van der Waals surface area contributed by atoms with Crippen LogP contribution in [0.15, 0.2) is 29.4 Å². The number of nitrogens with one attached hydrogen (secondary N) is 1. The molecule has 0 saturated heterocycles. The molecule has 9 heteroatoms. The van der Waals surface area contributed by atoms with E-state index in [1.165, 1.54) is 43.2 Å². The summed E-state index contributed by atoms with van der Waals surface area (Å²) in [5.74, 6) is 0.518. The van der Waals surface area contributed by atoms with E-state index in [9.17, 15) is 18.0 Å². The van der Waals surface area contributed by atoms with Crippen LogP contribution in [0.4, 0.5) is 18.9 Å². The second kappa shape index (κ2) is 10.5. The van der Waals surface area contributed by atoms with Crippen molar-refractivity contribution in [3.05, 3.63) is 35.7 Å². The highest BCUT2D eigenvalue weighted by molar-refractivity contribution is 7.99. The first kappa shape index (κ1) is 22.3. The molecule has 5 nitrogen and oxygen atoms in total. The van der Waals surface area contributed by atoms with Gasteiger partial charge in [0.15, 0.2) is 5.16 Å². The van der Waals surface area contributed by atoms with Crippen LogP contribution in [0.1, 0.15) is 50.4 Å². The minimum Gasteiger partial charge on any atom is -0.325 e. The van der Waals surface area contributed by atoms with Gasteiger partial charge in [0, 0.05) is 19.2 Å². The van der Waals surface area contributed by atoms with E-state index >= 15 is 0 Å². The van der Waals surface area contributed by atoms with Gasteiger partial charge in [-0.15, -0.1) is 10.2 Å². The van der Waals surface area contributed by atoms with Crippen molar-refractivity contribution in [3.8, 4) is 0 Å². The number of benzene rings is 1. The fourth-order valence-corrected chi connectivity index (χ4v) is 3.41. The number of unbranched alkanes of at least 4 members (excludes halogenated alkanes) is 4. The van der Waals surface area contributed by atoms with Crippen molar-refractivity contribution in [1.29, 1.82) is 0 Å². The first-order chi connectivity index (χ1) is 13.3. The average Bonchev–Trinajstić information content (AvgIpc) is 2.99. The third kappa shape index (κ3) is 6.85. The van der Waals surface area contributed by atoms with Crippen molar-refractivity contribution in [2.24, 2.45) is 7.05 Å². The number of aromatic nitrogens is 3. The molecule has 0 bridgehead atoms. The SMILES string of the molecule is CCCCCCCc1nnc(SCC(=O)Nc2cccc(C(F)(F)F)c2)n1C. The van der Waals surface area contributed by atoms with E-state index in [2.05, 4.69) is 22.4 Å². The number of anilines is 1. The number of amides is 1. The number of alkyl halides is 3. The predicted molar refractivity (Wildman–Crippen MR) is 104 cm³/mol. The molecule has 0 unspecified atom stereocenters. The summed E-state index contributed by atoms with van der Waals surface area (Å²) < 4.78 is 40.1. The fraction of sp³-hybridized carbons (Fsp3) is 0.526. The number of nitrogens with zero attached hydrogens (tertiary/aromatic N) is 3. The van der Waals surface area contributed by atoms with E-state index in [1.54, 1.807) is 0 Å². The van der Waals surface area contributed by atoms with Crippen molar-refractivity contribution in [1.82, 2.24) is 14.8 Å². The highest BCUT2D eigenvalue weighted by Crippen LogP contribution is 2.30. The zero-order valence-corrected chi connectivity index (χ0v) is 16.9. The van der Waals surface area contributed by atoms with Crippen LogP contribution in [0.5, 0.6) is 0 Å². The quantitative estimate of drug-likeness (QED) is 0.435. The van der Waals surface area contributed by atoms with Crippen molar-refractivity contribution >= 4 is 23.4 Å². The van der Waals surface area contributed by atoms with Gasteiger partial charge in [-0.05, 0) is 24.6 Å². The molecular formula is C19H25F3N4OS. The Hall–Kier alpha value is -2.03. The Morgan fingerprint density at radius 3 is 2.64 bits per heavy atom. The maximum atomic E-state index is 12.7. The van der Waals surface area contributed by atoms with Crippen LogP contribution < -0.4 is 5.32 Å². The van der Waals surface area contributed by atoms with Crippen molar-refractivity contribution in [2.45, 2.75) is 56.8 Å². The van der Waals surface area contributed by atoms with E-state index in [0.717, 1.165) is 37.2 Å². The number of aryl methyl sites for hydroxylation is 1. The number of hydrogen-bond donors (Lipinski definition) is 1. The molecule has 1 aromatic heterocycles. The molecule has 2 aromatic rings. The largest absolute Gasteiger partial charge is 0.416 e. The van der Waals surface area contributed by atoms with Crippen molar-refractivity contribution in [2.75, 3.05) is 11.1 Å². The predicted octanol–water partition coefficient (Wildman–Crippen LogP) is 5.08. The molecule has 1 aromatic carbocycles.